The van der Waals surface area contributed by atoms with Gasteiger partial charge in [0.25, 0.3) is 0 Å². The van der Waals surface area contributed by atoms with Crippen molar-refractivity contribution >= 4 is 29.1 Å². The normalized spacial score (nSPS) is 17.8. The lowest BCUT2D eigenvalue weighted by Gasteiger charge is -2.07. The molecule has 2 aromatic rings. The molecule has 1 saturated heterocycles. The Kier molecular flexibility index (Phi) is 7.87. The molecule has 1 heterocycles. The lowest BCUT2D eigenvalue weighted by molar-refractivity contribution is -0.118. The molecule has 1 aliphatic rings. The van der Waals surface area contributed by atoms with Crippen LogP contribution in [0, 0.1) is 0 Å². The summed E-state index contributed by atoms with van der Waals surface area (Å²) < 4.78 is 5.80. The summed E-state index contributed by atoms with van der Waals surface area (Å²) in [4.78, 5) is 12.3. The molecule has 1 atom stereocenters. The number of unbranched alkanes of at least 4 members (excludes halogenated alkanes) is 1. The Labute approximate surface area is 176 Å². The van der Waals surface area contributed by atoms with Crippen molar-refractivity contribution in [2.75, 3.05) is 6.61 Å². The molecule has 0 bridgehead atoms. The molecule has 0 spiro atoms. The fraction of sp³-hybridized carbons (Fsp3) is 0.348. The molecule has 152 valence electrons. The minimum Gasteiger partial charge on any atom is -0.493 e. The smallest absolute Gasteiger partial charge is 0.239 e. The molecule has 2 aromatic carbocycles. The predicted octanol–water partition coefficient (Wildman–Crippen LogP) is 4.59. The van der Waals surface area contributed by atoms with E-state index in [-0.39, 0.29) is 11.2 Å². The third-order valence-corrected chi connectivity index (χ3v) is 5.72. The van der Waals surface area contributed by atoms with Crippen LogP contribution in [-0.2, 0) is 17.6 Å². The fourth-order valence-electron chi connectivity index (χ4n) is 2.90. The van der Waals surface area contributed by atoms with Gasteiger partial charge in [-0.1, -0.05) is 68.4 Å². The second-order valence-electron chi connectivity index (χ2n) is 6.86. The van der Waals surface area contributed by atoms with Gasteiger partial charge in [-0.25, -0.2) is 0 Å². The number of amides is 1. The van der Waals surface area contributed by atoms with Crippen LogP contribution in [-0.4, -0.2) is 29.1 Å². The van der Waals surface area contributed by atoms with E-state index in [1.54, 1.807) is 6.21 Å². The first kappa shape index (κ1) is 21.1. The van der Waals surface area contributed by atoms with E-state index in [0.29, 0.717) is 18.2 Å². The topological polar surface area (TPSA) is 63.1 Å². The summed E-state index contributed by atoms with van der Waals surface area (Å²) in [6, 6.07) is 16.2. The van der Waals surface area contributed by atoms with Gasteiger partial charge in [0.2, 0.25) is 5.91 Å². The number of benzene rings is 2. The van der Waals surface area contributed by atoms with Crippen LogP contribution < -0.4 is 10.1 Å². The number of thioether (sulfide) groups is 1. The van der Waals surface area contributed by atoms with Crippen molar-refractivity contribution < 1.29 is 9.53 Å². The Morgan fingerprint density at radius 1 is 1.10 bits per heavy atom. The van der Waals surface area contributed by atoms with E-state index in [9.17, 15) is 4.79 Å². The summed E-state index contributed by atoms with van der Waals surface area (Å²) >= 11 is 1.42. The number of hydrogen-bond acceptors (Lipinski definition) is 5. The lowest BCUT2D eigenvalue weighted by atomic mass is 10.1. The number of ether oxygens (including phenoxy) is 1. The largest absolute Gasteiger partial charge is 0.493 e. The van der Waals surface area contributed by atoms with E-state index in [0.717, 1.165) is 36.1 Å². The molecule has 1 aliphatic heterocycles. The molecule has 1 N–H and O–H groups in total. The molecule has 0 aliphatic carbocycles. The van der Waals surface area contributed by atoms with Gasteiger partial charge in [-0.15, -0.1) is 5.10 Å². The molecule has 0 radical (unpaired) electrons. The molecular weight excluding hydrogens is 382 g/mol. The van der Waals surface area contributed by atoms with Gasteiger partial charge in [0.1, 0.15) is 5.75 Å². The predicted molar refractivity (Wildman–Crippen MR) is 121 cm³/mol. The second kappa shape index (κ2) is 10.8. The van der Waals surface area contributed by atoms with Crippen molar-refractivity contribution in [2.45, 2.75) is 44.8 Å². The highest BCUT2D eigenvalue weighted by atomic mass is 32.2. The van der Waals surface area contributed by atoms with Crippen LogP contribution in [0.15, 0.2) is 58.7 Å². The summed E-state index contributed by atoms with van der Waals surface area (Å²) in [6.07, 6.45) is 5.46. The molecule has 0 aromatic heterocycles. The van der Waals surface area contributed by atoms with Crippen molar-refractivity contribution in [3.63, 3.8) is 0 Å². The Hall–Kier alpha value is -2.60. The first-order valence-electron chi connectivity index (χ1n) is 10.1. The van der Waals surface area contributed by atoms with Crippen molar-refractivity contribution in [2.24, 2.45) is 10.2 Å². The van der Waals surface area contributed by atoms with E-state index in [1.807, 2.05) is 24.3 Å². The summed E-state index contributed by atoms with van der Waals surface area (Å²) in [7, 11) is 0. The average molecular weight is 410 g/mol. The first-order valence-corrected chi connectivity index (χ1v) is 11.0. The highest BCUT2D eigenvalue weighted by Gasteiger charge is 2.30. The van der Waals surface area contributed by atoms with E-state index < -0.39 is 0 Å². The third kappa shape index (κ3) is 6.19. The van der Waals surface area contributed by atoms with Crippen molar-refractivity contribution in [3.05, 3.63) is 65.2 Å². The van der Waals surface area contributed by atoms with E-state index in [2.05, 4.69) is 53.6 Å². The van der Waals surface area contributed by atoms with Gasteiger partial charge in [0.05, 0.1) is 18.1 Å². The zero-order valence-electron chi connectivity index (χ0n) is 16.9. The number of nitrogens with zero attached hydrogens (tertiary/aromatic N) is 2. The van der Waals surface area contributed by atoms with E-state index >= 15 is 0 Å². The molecule has 29 heavy (non-hydrogen) atoms. The van der Waals surface area contributed by atoms with Crippen LogP contribution in [0.2, 0.25) is 0 Å². The van der Waals surface area contributed by atoms with Crippen molar-refractivity contribution in [3.8, 4) is 5.75 Å². The SMILES string of the molecule is CCCCOc1ccccc1/C=N\N=C1\NC(=O)[C@@H](Cc2ccc(CC)cc2)S1. The lowest BCUT2D eigenvalue weighted by Crippen LogP contribution is -2.25. The number of nitrogens with one attached hydrogen (secondary N) is 1. The minimum atomic E-state index is -0.180. The monoisotopic (exact) mass is 409 g/mol. The van der Waals surface area contributed by atoms with Crippen LogP contribution in [0.3, 0.4) is 0 Å². The fourth-order valence-corrected chi connectivity index (χ4v) is 3.87. The van der Waals surface area contributed by atoms with Gasteiger partial charge < -0.3 is 10.1 Å². The van der Waals surface area contributed by atoms with Crippen LogP contribution in [0.25, 0.3) is 0 Å². The van der Waals surface area contributed by atoms with Gasteiger partial charge in [-0.05, 0) is 42.5 Å². The number of rotatable bonds is 9. The number of para-hydroxylation sites is 1. The van der Waals surface area contributed by atoms with E-state index in [4.69, 9.17) is 4.74 Å². The molecule has 0 saturated carbocycles. The molecule has 0 unspecified atom stereocenters. The minimum absolute atomic E-state index is 0.0215. The van der Waals surface area contributed by atoms with Gasteiger partial charge in [0, 0.05) is 5.56 Å². The van der Waals surface area contributed by atoms with Crippen molar-refractivity contribution in [1.82, 2.24) is 5.32 Å². The molecule has 1 fully saturated rings. The second-order valence-corrected chi connectivity index (χ2v) is 8.05. The standard InChI is InChI=1S/C23H27N3O2S/c1-3-5-14-28-20-9-7-6-8-19(20)16-24-26-23-25-22(27)21(29-23)15-18-12-10-17(4-2)11-13-18/h6-13,16,21H,3-5,14-15H2,1-2H3,(H,25,26,27)/b24-16-/t21-/m1/s1. The van der Waals surface area contributed by atoms with Gasteiger partial charge in [0.15, 0.2) is 5.17 Å². The number of amidine groups is 1. The Bertz CT molecular complexity index is 878. The zero-order valence-corrected chi connectivity index (χ0v) is 17.7. The van der Waals surface area contributed by atoms with Gasteiger partial charge in [-0.2, -0.15) is 5.10 Å². The quantitative estimate of drug-likeness (QED) is 0.374. The number of hydrogen-bond donors (Lipinski definition) is 1. The molecule has 3 rings (SSSR count). The first-order chi connectivity index (χ1) is 14.2. The van der Waals surface area contributed by atoms with Gasteiger partial charge >= 0.3 is 0 Å². The van der Waals surface area contributed by atoms with Crippen LogP contribution in [0.4, 0.5) is 0 Å². The zero-order chi connectivity index (χ0) is 20.5. The molecule has 6 heteroatoms. The van der Waals surface area contributed by atoms with Crippen molar-refractivity contribution in [1.29, 1.82) is 0 Å². The third-order valence-electron chi connectivity index (χ3n) is 4.65. The van der Waals surface area contributed by atoms with Crippen LogP contribution in [0.1, 0.15) is 43.4 Å². The molecule has 5 nitrogen and oxygen atoms in total. The van der Waals surface area contributed by atoms with Gasteiger partial charge in [-0.3, -0.25) is 4.79 Å². The summed E-state index contributed by atoms with van der Waals surface area (Å²) in [5.74, 6) is 0.772. The van der Waals surface area contributed by atoms with Crippen LogP contribution in [0.5, 0.6) is 5.75 Å². The summed E-state index contributed by atoms with van der Waals surface area (Å²) in [6.45, 7) is 4.95. The molecule has 1 amide bonds. The number of aryl methyl sites for hydroxylation is 1. The highest BCUT2D eigenvalue weighted by molar-refractivity contribution is 8.15. The number of carbonyl (C=O) groups is 1. The number of carbonyl (C=O) groups excluding carboxylic acids is 1. The van der Waals surface area contributed by atoms with E-state index in [1.165, 1.54) is 17.3 Å². The van der Waals surface area contributed by atoms with Crippen LogP contribution >= 0.6 is 11.8 Å². The average Bonchev–Trinajstić information content (AvgIpc) is 3.09. The summed E-state index contributed by atoms with van der Waals surface area (Å²) in [5, 5.41) is 11.5. The Balaban J connectivity index is 1.59. The Morgan fingerprint density at radius 3 is 2.62 bits per heavy atom. The maximum atomic E-state index is 12.3. The Morgan fingerprint density at radius 2 is 1.86 bits per heavy atom. The maximum absolute atomic E-state index is 12.3. The summed E-state index contributed by atoms with van der Waals surface area (Å²) in [5.41, 5.74) is 3.32. The maximum Gasteiger partial charge on any atom is 0.239 e. The molecular formula is C23H27N3O2S. The highest BCUT2D eigenvalue weighted by Crippen LogP contribution is 2.24.